The molecule has 158 valence electrons. The molecule has 2 aliphatic rings. The van der Waals surface area contributed by atoms with E-state index in [4.69, 9.17) is 0 Å². The number of anilines is 1. The Bertz CT molecular complexity index is 1010. The number of fused-ring (bicyclic) bond motifs is 1. The van der Waals surface area contributed by atoms with Crippen LogP contribution in [0.3, 0.4) is 0 Å². The first-order valence-corrected chi connectivity index (χ1v) is 11.9. The Balaban J connectivity index is 1.33. The lowest BCUT2D eigenvalue weighted by Crippen LogP contribution is -2.52. The minimum Gasteiger partial charge on any atom is -0.362 e. The monoisotopic (exact) mass is 425 g/mol. The lowest BCUT2D eigenvalue weighted by Gasteiger charge is -2.36. The number of piperazine rings is 1. The van der Waals surface area contributed by atoms with E-state index in [9.17, 15) is 13.2 Å². The second-order valence-electron chi connectivity index (χ2n) is 7.69. The molecule has 2 aromatic carbocycles. The first-order chi connectivity index (χ1) is 14.5. The van der Waals surface area contributed by atoms with Gasteiger partial charge in [0.05, 0.1) is 6.54 Å². The van der Waals surface area contributed by atoms with E-state index in [1.807, 2.05) is 42.5 Å². The zero-order valence-corrected chi connectivity index (χ0v) is 17.8. The van der Waals surface area contributed by atoms with Crippen LogP contribution in [-0.4, -0.2) is 62.8 Å². The van der Waals surface area contributed by atoms with Crippen molar-refractivity contribution in [1.29, 1.82) is 0 Å². The number of sulfonamides is 1. The van der Waals surface area contributed by atoms with E-state index in [1.54, 1.807) is 11.0 Å². The number of carbonyl (C=O) groups excluding carboxylic acids is 1. The van der Waals surface area contributed by atoms with E-state index in [-0.39, 0.29) is 5.91 Å². The molecule has 4 rings (SSSR count). The molecule has 0 atom stereocenters. The topological polar surface area (TPSA) is 60.9 Å². The first kappa shape index (κ1) is 20.6. The molecule has 0 bridgehead atoms. The minimum absolute atomic E-state index is 0.0589. The summed E-state index contributed by atoms with van der Waals surface area (Å²) in [5.74, 6) is 0.0589. The Hall–Kier alpha value is -2.64. The van der Waals surface area contributed by atoms with Crippen molar-refractivity contribution in [3.63, 3.8) is 0 Å². The van der Waals surface area contributed by atoms with Crippen LogP contribution in [0.15, 0.2) is 60.0 Å². The molecule has 0 N–H and O–H groups in total. The van der Waals surface area contributed by atoms with Gasteiger partial charge in [-0.05, 0) is 36.1 Å². The Morgan fingerprint density at radius 2 is 1.60 bits per heavy atom. The predicted molar refractivity (Wildman–Crippen MR) is 120 cm³/mol. The summed E-state index contributed by atoms with van der Waals surface area (Å²) in [4.78, 5) is 16.8. The van der Waals surface area contributed by atoms with Gasteiger partial charge in [-0.25, -0.2) is 8.42 Å². The highest BCUT2D eigenvalue weighted by atomic mass is 32.2. The van der Waals surface area contributed by atoms with Gasteiger partial charge in [0, 0.05) is 43.8 Å². The van der Waals surface area contributed by atoms with Gasteiger partial charge in [0.25, 0.3) is 0 Å². The highest BCUT2D eigenvalue weighted by Gasteiger charge is 2.28. The van der Waals surface area contributed by atoms with Crippen molar-refractivity contribution >= 4 is 27.7 Å². The number of nitrogens with zero attached hydrogens (tertiary/aromatic N) is 3. The van der Waals surface area contributed by atoms with Crippen molar-refractivity contribution < 1.29 is 13.2 Å². The maximum Gasteiger partial charge on any atom is 0.242 e. The highest BCUT2D eigenvalue weighted by molar-refractivity contribution is 7.92. The summed E-state index contributed by atoms with van der Waals surface area (Å²) < 4.78 is 26.7. The number of hydrogen-bond donors (Lipinski definition) is 0. The Kier molecular flexibility index (Phi) is 6.20. The largest absolute Gasteiger partial charge is 0.362 e. The SMILES string of the molecule is O=C(CN1CCCc2ccccc21)N1CCN(S(=O)(=O)/C=C/c2ccccc2)CC1. The molecule has 0 unspecified atom stereocenters. The first-order valence-electron chi connectivity index (χ1n) is 10.4. The van der Waals surface area contributed by atoms with E-state index < -0.39 is 10.0 Å². The summed E-state index contributed by atoms with van der Waals surface area (Å²) in [6.07, 6.45) is 3.71. The third kappa shape index (κ3) is 4.74. The zero-order chi connectivity index (χ0) is 21.0. The maximum absolute atomic E-state index is 12.8. The maximum atomic E-state index is 12.8. The van der Waals surface area contributed by atoms with Gasteiger partial charge >= 0.3 is 0 Å². The second kappa shape index (κ2) is 9.02. The van der Waals surface area contributed by atoms with E-state index in [2.05, 4.69) is 17.0 Å². The molecular weight excluding hydrogens is 398 g/mol. The molecule has 1 amide bonds. The number of amides is 1. The van der Waals surface area contributed by atoms with Crippen LogP contribution in [0.25, 0.3) is 6.08 Å². The average Bonchev–Trinajstić information content (AvgIpc) is 2.79. The summed E-state index contributed by atoms with van der Waals surface area (Å²) in [6, 6.07) is 17.6. The normalized spacial score (nSPS) is 17.9. The standard InChI is InChI=1S/C23H27N3O3S/c27-23(19-25-13-6-10-21-9-4-5-11-22(21)25)24-14-16-26(17-15-24)30(28,29)18-12-20-7-2-1-3-8-20/h1-5,7-9,11-12,18H,6,10,13-17,19H2/b18-12+. The van der Waals surface area contributed by atoms with Crippen LogP contribution < -0.4 is 4.90 Å². The third-order valence-corrected chi connectivity index (χ3v) is 7.28. The number of para-hydroxylation sites is 1. The molecule has 7 heteroatoms. The fourth-order valence-electron chi connectivity index (χ4n) is 4.05. The van der Waals surface area contributed by atoms with Gasteiger partial charge in [-0.3, -0.25) is 4.79 Å². The van der Waals surface area contributed by atoms with Crippen LogP contribution in [0, 0.1) is 0 Å². The van der Waals surface area contributed by atoms with Crippen LogP contribution in [0.1, 0.15) is 17.5 Å². The van der Waals surface area contributed by atoms with Gasteiger partial charge in [0.2, 0.25) is 15.9 Å². The fraction of sp³-hybridized carbons (Fsp3) is 0.348. The van der Waals surface area contributed by atoms with Gasteiger partial charge in [-0.1, -0.05) is 48.5 Å². The summed E-state index contributed by atoms with van der Waals surface area (Å²) in [7, 11) is -3.49. The lowest BCUT2D eigenvalue weighted by molar-refractivity contribution is -0.130. The van der Waals surface area contributed by atoms with Gasteiger partial charge in [-0.2, -0.15) is 4.31 Å². The van der Waals surface area contributed by atoms with Crippen LogP contribution in [0.2, 0.25) is 0 Å². The molecule has 0 spiro atoms. The summed E-state index contributed by atoms with van der Waals surface area (Å²) >= 11 is 0. The van der Waals surface area contributed by atoms with Crippen molar-refractivity contribution in [2.75, 3.05) is 44.2 Å². The van der Waals surface area contributed by atoms with Gasteiger partial charge in [0.15, 0.2) is 0 Å². The molecule has 2 heterocycles. The zero-order valence-electron chi connectivity index (χ0n) is 17.0. The van der Waals surface area contributed by atoms with Gasteiger partial charge in [0.1, 0.15) is 0 Å². The molecule has 0 aliphatic carbocycles. The minimum atomic E-state index is -3.49. The average molecular weight is 426 g/mol. The van der Waals surface area contributed by atoms with Crippen molar-refractivity contribution in [1.82, 2.24) is 9.21 Å². The quantitative estimate of drug-likeness (QED) is 0.739. The van der Waals surface area contributed by atoms with E-state index >= 15 is 0 Å². The number of rotatable bonds is 5. The summed E-state index contributed by atoms with van der Waals surface area (Å²) in [5.41, 5.74) is 3.28. The third-order valence-electron chi connectivity index (χ3n) is 5.72. The van der Waals surface area contributed by atoms with Crippen molar-refractivity contribution in [3.05, 3.63) is 71.1 Å². The number of aryl methyl sites for hydroxylation is 1. The molecule has 1 saturated heterocycles. The highest BCUT2D eigenvalue weighted by Crippen LogP contribution is 2.26. The van der Waals surface area contributed by atoms with Crippen molar-refractivity contribution in [2.45, 2.75) is 12.8 Å². The molecule has 2 aliphatic heterocycles. The van der Waals surface area contributed by atoms with E-state index in [0.29, 0.717) is 32.7 Å². The predicted octanol–water partition coefficient (Wildman–Crippen LogP) is 2.58. The van der Waals surface area contributed by atoms with Crippen LogP contribution in [-0.2, 0) is 21.2 Å². The Morgan fingerprint density at radius 1 is 0.900 bits per heavy atom. The number of benzene rings is 2. The van der Waals surface area contributed by atoms with Gasteiger partial charge < -0.3 is 9.80 Å². The molecule has 0 aromatic heterocycles. The van der Waals surface area contributed by atoms with Crippen molar-refractivity contribution in [2.24, 2.45) is 0 Å². The van der Waals surface area contributed by atoms with Crippen LogP contribution in [0.4, 0.5) is 5.69 Å². The molecular formula is C23H27N3O3S. The van der Waals surface area contributed by atoms with E-state index in [0.717, 1.165) is 30.6 Å². The molecule has 6 nitrogen and oxygen atoms in total. The molecule has 0 saturated carbocycles. The summed E-state index contributed by atoms with van der Waals surface area (Å²) in [6.45, 7) is 2.71. The number of carbonyl (C=O) groups is 1. The smallest absolute Gasteiger partial charge is 0.242 e. The van der Waals surface area contributed by atoms with E-state index in [1.165, 1.54) is 15.3 Å². The van der Waals surface area contributed by atoms with Crippen LogP contribution in [0.5, 0.6) is 0 Å². The number of hydrogen-bond acceptors (Lipinski definition) is 4. The second-order valence-corrected chi connectivity index (χ2v) is 9.51. The Morgan fingerprint density at radius 3 is 2.37 bits per heavy atom. The molecule has 2 aromatic rings. The van der Waals surface area contributed by atoms with Crippen molar-refractivity contribution in [3.8, 4) is 0 Å². The molecule has 30 heavy (non-hydrogen) atoms. The lowest BCUT2D eigenvalue weighted by atomic mass is 10.0. The molecule has 0 radical (unpaired) electrons. The Labute approximate surface area is 178 Å². The van der Waals surface area contributed by atoms with Gasteiger partial charge in [-0.15, -0.1) is 0 Å². The fourth-order valence-corrected chi connectivity index (χ4v) is 5.22. The van der Waals surface area contributed by atoms with Crippen LogP contribution >= 0.6 is 0 Å². The molecule has 1 fully saturated rings. The summed E-state index contributed by atoms with van der Waals surface area (Å²) in [5, 5.41) is 1.25.